The van der Waals surface area contributed by atoms with Crippen LogP contribution in [0.5, 0.6) is 5.75 Å². The van der Waals surface area contributed by atoms with Crippen LogP contribution in [0.3, 0.4) is 0 Å². The highest BCUT2D eigenvalue weighted by Gasteiger charge is 2.14. The molecule has 0 spiro atoms. The number of hydrogen-bond donors (Lipinski definition) is 0. The predicted molar refractivity (Wildman–Crippen MR) is 103 cm³/mol. The number of halogens is 1. The molecule has 0 atom stereocenters. The molecule has 0 bridgehead atoms. The summed E-state index contributed by atoms with van der Waals surface area (Å²) in [5.74, 6) is 0.537. The number of aromatic nitrogens is 3. The van der Waals surface area contributed by atoms with Crippen molar-refractivity contribution >= 4 is 28.4 Å². The first-order valence-corrected chi connectivity index (χ1v) is 8.76. The maximum absolute atomic E-state index is 12.5. The van der Waals surface area contributed by atoms with Crippen LogP contribution in [-0.2, 0) is 17.9 Å². The first kappa shape index (κ1) is 18.8. The smallest absolute Gasteiger partial charge is 0.277 e. The molecule has 7 nitrogen and oxygen atoms in total. The summed E-state index contributed by atoms with van der Waals surface area (Å²) in [5, 5.41) is 8.99. The van der Waals surface area contributed by atoms with E-state index in [-0.39, 0.29) is 24.4 Å². The normalized spacial score (nSPS) is 10.8. The predicted octanol–water partition coefficient (Wildman–Crippen LogP) is 2.50. The van der Waals surface area contributed by atoms with Gasteiger partial charge in [0.2, 0.25) is 5.91 Å². The van der Waals surface area contributed by atoms with Crippen LogP contribution in [0.1, 0.15) is 12.0 Å². The van der Waals surface area contributed by atoms with Crippen LogP contribution >= 0.6 is 11.6 Å². The Balaban J connectivity index is 1.68. The standard InChI is InChI=1S/C19H19ClN4O3/c1-23(12-13-11-14(20)7-8-17(13)27-2)18(25)9-10-24-19(26)15-5-3-4-6-16(15)21-22-24/h3-8,11H,9-10,12H2,1-2H3. The van der Waals surface area contributed by atoms with Crippen molar-refractivity contribution in [2.24, 2.45) is 0 Å². The summed E-state index contributed by atoms with van der Waals surface area (Å²) in [6, 6.07) is 12.3. The monoisotopic (exact) mass is 386 g/mol. The minimum absolute atomic E-state index is 0.126. The van der Waals surface area contributed by atoms with E-state index in [1.54, 1.807) is 61.5 Å². The van der Waals surface area contributed by atoms with Gasteiger partial charge in [-0.3, -0.25) is 9.59 Å². The van der Waals surface area contributed by atoms with Crippen molar-refractivity contribution in [3.05, 3.63) is 63.4 Å². The molecule has 0 unspecified atom stereocenters. The zero-order valence-corrected chi connectivity index (χ0v) is 15.8. The Hall–Kier alpha value is -2.93. The number of carbonyl (C=O) groups is 1. The molecule has 0 saturated heterocycles. The Bertz CT molecular complexity index is 1030. The Morgan fingerprint density at radius 1 is 1.26 bits per heavy atom. The molecule has 0 radical (unpaired) electrons. The maximum Gasteiger partial charge on any atom is 0.277 e. The molecule has 1 heterocycles. The summed E-state index contributed by atoms with van der Waals surface area (Å²) in [6.07, 6.45) is 0.131. The van der Waals surface area contributed by atoms with E-state index in [0.29, 0.717) is 28.2 Å². The largest absolute Gasteiger partial charge is 0.496 e. The number of amides is 1. The van der Waals surface area contributed by atoms with Gasteiger partial charge in [-0.25, -0.2) is 4.68 Å². The van der Waals surface area contributed by atoms with Gasteiger partial charge < -0.3 is 9.64 Å². The van der Waals surface area contributed by atoms with Crippen LogP contribution < -0.4 is 10.3 Å². The van der Waals surface area contributed by atoms with Gasteiger partial charge in [-0.15, -0.1) is 5.10 Å². The minimum atomic E-state index is -0.257. The van der Waals surface area contributed by atoms with Crippen LogP contribution in [0.15, 0.2) is 47.3 Å². The number of carbonyl (C=O) groups excluding carboxylic acids is 1. The molecule has 0 saturated carbocycles. The second kappa shape index (κ2) is 8.18. The molecule has 1 amide bonds. The molecule has 1 aromatic heterocycles. The van der Waals surface area contributed by atoms with Crippen LogP contribution in [0.2, 0.25) is 5.02 Å². The van der Waals surface area contributed by atoms with Crippen molar-refractivity contribution in [3.63, 3.8) is 0 Å². The van der Waals surface area contributed by atoms with Gasteiger partial charge >= 0.3 is 0 Å². The molecular formula is C19H19ClN4O3. The second-order valence-electron chi connectivity index (χ2n) is 6.09. The Labute approximate surface area is 161 Å². The summed E-state index contributed by atoms with van der Waals surface area (Å²) in [5.41, 5.74) is 1.09. The van der Waals surface area contributed by atoms with E-state index in [2.05, 4.69) is 10.3 Å². The third-order valence-electron chi connectivity index (χ3n) is 4.24. The number of ether oxygens (including phenoxy) is 1. The molecule has 0 aliphatic rings. The van der Waals surface area contributed by atoms with Crippen molar-refractivity contribution in [1.29, 1.82) is 0 Å². The van der Waals surface area contributed by atoms with E-state index in [4.69, 9.17) is 16.3 Å². The molecule has 0 aliphatic heterocycles. The quantitative estimate of drug-likeness (QED) is 0.650. The lowest BCUT2D eigenvalue weighted by Gasteiger charge is -2.19. The lowest BCUT2D eigenvalue weighted by atomic mass is 10.2. The lowest BCUT2D eigenvalue weighted by Crippen LogP contribution is -2.30. The highest BCUT2D eigenvalue weighted by molar-refractivity contribution is 6.30. The number of nitrogens with zero attached hydrogens (tertiary/aromatic N) is 4. The van der Waals surface area contributed by atoms with Gasteiger partial charge in [0.15, 0.2) is 0 Å². The van der Waals surface area contributed by atoms with Crippen molar-refractivity contribution in [1.82, 2.24) is 19.9 Å². The van der Waals surface area contributed by atoms with E-state index < -0.39 is 0 Å². The third-order valence-corrected chi connectivity index (χ3v) is 4.48. The zero-order chi connectivity index (χ0) is 19.4. The molecule has 8 heteroatoms. The van der Waals surface area contributed by atoms with Gasteiger partial charge in [-0.05, 0) is 30.3 Å². The average Bonchev–Trinajstić information content (AvgIpc) is 2.67. The van der Waals surface area contributed by atoms with Gasteiger partial charge in [-0.1, -0.05) is 28.9 Å². The van der Waals surface area contributed by atoms with Crippen molar-refractivity contribution in [2.45, 2.75) is 19.5 Å². The highest BCUT2D eigenvalue weighted by Crippen LogP contribution is 2.23. The zero-order valence-electron chi connectivity index (χ0n) is 15.1. The van der Waals surface area contributed by atoms with Gasteiger partial charge in [0, 0.05) is 30.6 Å². The van der Waals surface area contributed by atoms with Crippen LogP contribution in [-0.4, -0.2) is 40.0 Å². The van der Waals surface area contributed by atoms with Crippen LogP contribution in [0, 0.1) is 0 Å². The van der Waals surface area contributed by atoms with Crippen LogP contribution in [0.25, 0.3) is 10.9 Å². The molecule has 3 rings (SSSR count). The first-order chi connectivity index (χ1) is 13.0. The summed E-state index contributed by atoms with van der Waals surface area (Å²) < 4.78 is 6.52. The van der Waals surface area contributed by atoms with Gasteiger partial charge in [0.25, 0.3) is 5.56 Å². The van der Waals surface area contributed by atoms with Gasteiger partial charge in [0.05, 0.1) is 19.0 Å². The summed E-state index contributed by atoms with van der Waals surface area (Å²) in [4.78, 5) is 26.5. The van der Waals surface area contributed by atoms with E-state index >= 15 is 0 Å². The number of rotatable bonds is 6. The Morgan fingerprint density at radius 3 is 2.81 bits per heavy atom. The summed E-state index contributed by atoms with van der Waals surface area (Å²) in [6.45, 7) is 0.507. The molecule has 3 aromatic rings. The van der Waals surface area contributed by atoms with Crippen molar-refractivity contribution in [2.75, 3.05) is 14.2 Å². The topological polar surface area (TPSA) is 77.3 Å². The minimum Gasteiger partial charge on any atom is -0.496 e. The molecule has 0 aliphatic carbocycles. The molecule has 27 heavy (non-hydrogen) atoms. The summed E-state index contributed by atoms with van der Waals surface area (Å²) >= 11 is 6.03. The Morgan fingerprint density at radius 2 is 2.04 bits per heavy atom. The number of methoxy groups -OCH3 is 1. The second-order valence-corrected chi connectivity index (χ2v) is 6.53. The van der Waals surface area contributed by atoms with E-state index in [9.17, 15) is 9.59 Å². The fourth-order valence-electron chi connectivity index (χ4n) is 2.78. The number of benzene rings is 2. The highest BCUT2D eigenvalue weighted by atomic mass is 35.5. The Kier molecular flexibility index (Phi) is 5.71. The molecular weight excluding hydrogens is 368 g/mol. The lowest BCUT2D eigenvalue weighted by molar-refractivity contribution is -0.130. The fraction of sp³-hybridized carbons (Fsp3) is 0.263. The molecule has 140 valence electrons. The van der Waals surface area contributed by atoms with E-state index in [1.165, 1.54) is 4.68 Å². The SMILES string of the molecule is COc1ccc(Cl)cc1CN(C)C(=O)CCn1nnc2ccccc2c1=O. The first-order valence-electron chi connectivity index (χ1n) is 8.38. The van der Waals surface area contributed by atoms with Crippen molar-refractivity contribution < 1.29 is 9.53 Å². The number of fused-ring (bicyclic) bond motifs is 1. The third kappa shape index (κ3) is 4.25. The number of hydrogen-bond acceptors (Lipinski definition) is 5. The number of aryl methyl sites for hydroxylation is 1. The molecule has 0 fully saturated rings. The van der Waals surface area contributed by atoms with Crippen LogP contribution in [0.4, 0.5) is 0 Å². The summed E-state index contributed by atoms with van der Waals surface area (Å²) in [7, 11) is 3.26. The van der Waals surface area contributed by atoms with E-state index in [1.807, 2.05) is 0 Å². The van der Waals surface area contributed by atoms with Gasteiger partial charge in [-0.2, -0.15) is 0 Å². The molecule has 0 N–H and O–H groups in total. The average molecular weight is 387 g/mol. The van der Waals surface area contributed by atoms with E-state index in [0.717, 1.165) is 5.56 Å². The van der Waals surface area contributed by atoms with Crippen molar-refractivity contribution in [3.8, 4) is 5.75 Å². The maximum atomic E-state index is 12.5. The van der Waals surface area contributed by atoms with Gasteiger partial charge in [0.1, 0.15) is 11.3 Å². The molecule has 2 aromatic carbocycles. The fourth-order valence-corrected chi connectivity index (χ4v) is 2.97.